The normalized spacial score (nSPS) is 10.8. The number of nitrogens with two attached hydrogens (primary N) is 1. The average molecular weight is 303 g/mol. The van der Waals surface area contributed by atoms with E-state index in [4.69, 9.17) is 21.9 Å². The van der Waals surface area contributed by atoms with E-state index >= 15 is 0 Å². The highest BCUT2D eigenvalue weighted by Crippen LogP contribution is 2.37. The molecule has 1 aromatic heterocycles. The van der Waals surface area contributed by atoms with Crippen molar-refractivity contribution >= 4 is 17.4 Å². The zero-order valence-corrected chi connectivity index (χ0v) is 12.0. The number of halogens is 2. The lowest BCUT2D eigenvalue weighted by atomic mass is 10.0. The summed E-state index contributed by atoms with van der Waals surface area (Å²) in [4.78, 5) is 0. The first-order chi connectivity index (χ1) is 10.1. The zero-order valence-electron chi connectivity index (χ0n) is 11.2. The van der Waals surface area contributed by atoms with E-state index in [-0.39, 0.29) is 11.6 Å². The minimum absolute atomic E-state index is 0.268. The number of nitrogen functional groups attached to an aromatic ring is 1. The van der Waals surface area contributed by atoms with E-state index in [1.54, 1.807) is 18.2 Å². The van der Waals surface area contributed by atoms with Gasteiger partial charge in [-0.25, -0.2) is 4.39 Å². The van der Waals surface area contributed by atoms with Crippen molar-refractivity contribution < 1.29 is 8.91 Å². The summed E-state index contributed by atoms with van der Waals surface area (Å²) in [5.41, 5.74) is 9.03. The molecule has 106 valence electrons. The van der Waals surface area contributed by atoms with E-state index in [1.807, 2.05) is 19.1 Å². The third kappa shape index (κ3) is 2.50. The molecule has 21 heavy (non-hydrogen) atoms. The Morgan fingerprint density at radius 1 is 1.10 bits per heavy atom. The Morgan fingerprint density at radius 2 is 1.76 bits per heavy atom. The van der Waals surface area contributed by atoms with Crippen molar-refractivity contribution in [1.82, 2.24) is 5.16 Å². The van der Waals surface area contributed by atoms with E-state index in [0.29, 0.717) is 16.3 Å². The largest absolute Gasteiger partial charge is 0.380 e. The van der Waals surface area contributed by atoms with Crippen LogP contribution in [0.1, 0.15) is 5.56 Å². The quantitative estimate of drug-likeness (QED) is 0.747. The highest BCUT2D eigenvalue weighted by molar-refractivity contribution is 6.31. The number of hydrogen-bond donors (Lipinski definition) is 1. The van der Waals surface area contributed by atoms with Crippen LogP contribution in [0.25, 0.3) is 22.5 Å². The Morgan fingerprint density at radius 3 is 2.43 bits per heavy atom. The summed E-state index contributed by atoms with van der Waals surface area (Å²) >= 11 is 6.03. The minimum atomic E-state index is -0.308. The molecule has 0 bridgehead atoms. The molecule has 3 aromatic rings. The molecule has 3 nitrogen and oxygen atoms in total. The smallest absolute Gasteiger partial charge is 0.176 e. The lowest BCUT2D eigenvalue weighted by Crippen LogP contribution is -1.89. The Bertz CT molecular complexity index is 797. The van der Waals surface area contributed by atoms with Crippen LogP contribution in [0.2, 0.25) is 5.02 Å². The van der Waals surface area contributed by atoms with Crippen molar-refractivity contribution in [1.29, 1.82) is 0 Å². The Labute approximate surface area is 126 Å². The summed E-state index contributed by atoms with van der Waals surface area (Å²) in [5, 5.41) is 4.50. The molecular formula is C16H12ClFN2O. The number of rotatable bonds is 2. The number of benzene rings is 2. The summed E-state index contributed by atoms with van der Waals surface area (Å²) in [6.45, 7) is 1.91. The van der Waals surface area contributed by atoms with Crippen LogP contribution in [0, 0.1) is 12.7 Å². The van der Waals surface area contributed by atoms with Crippen LogP contribution in [0.5, 0.6) is 0 Å². The molecule has 1 heterocycles. The molecule has 0 aliphatic carbocycles. The number of hydrogen-bond acceptors (Lipinski definition) is 3. The van der Waals surface area contributed by atoms with Crippen molar-refractivity contribution in [3.05, 3.63) is 58.9 Å². The molecule has 0 aliphatic heterocycles. The molecule has 0 radical (unpaired) electrons. The summed E-state index contributed by atoms with van der Waals surface area (Å²) < 4.78 is 18.4. The number of nitrogens with zero attached hydrogens (tertiary/aromatic N) is 1. The van der Waals surface area contributed by atoms with Crippen LogP contribution in [0.3, 0.4) is 0 Å². The van der Waals surface area contributed by atoms with Crippen LogP contribution >= 0.6 is 11.6 Å². The maximum atomic E-state index is 13.1. The second-order valence-electron chi connectivity index (χ2n) is 4.74. The molecule has 5 heteroatoms. The molecule has 0 spiro atoms. The highest BCUT2D eigenvalue weighted by Gasteiger charge is 2.18. The van der Waals surface area contributed by atoms with Gasteiger partial charge in [0.2, 0.25) is 0 Å². The van der Waals surface area contributed by atoms with E-state index in [1.165, 1.54) is 12.1 Å². The second-order valence-corrected chi connectivity index (χ2v) is 5.15. The summed E-state index contributed by atoms with van der Waals surface area (Å²) in [6, 6.07) is 11.6. The first-order valence-electron chi connectivity index (χ1n) is 6.34. The van der Waals surface area contributed by atoms with E-state index in [9.17, 15) is 4.39 Å². The lowest BCUT2D eigenvalue weighted by Gasteiger charge is -2.05. The van der Waals surface area contributed by atoms with Gasteiger partial charge in [-0.1, -0.05) is 28.9 Å². The van der Waals surface area contributed by atoms with Gasteiger partial charge in [0, 0.05) is 10.6 Å². The van der Waals surface area contributed by atoms with Gasteiger partial charge in [-0.3, -0.25) is 0 Å². The fourth-order valence-corrected chi connectivity index (χ4v) is 2.30. The summed E-state index contributed by atoms with van der Waals surface area (Å²) in [5.74, 6) is 0.501. The first-order valence-corrected chi connectivity index (χ1v) is 6.71. The Kier molecular flexibility index (Phi) is 3.39. The van der Waals surface area contributed by atoms with Gasteiger partial charge in [0.1, 0.15) is 5.82 Å². The molecule has 2 aromatic carbocycles. The monoisotopic (exact) mass is 302 g/mol. The van der Waals surface area contributed by atoms with Crippen molar-refractivity contribution in [3.63, 3.8) is 0 Å². The van der Waals surface area contributed by atoms with Gasteiger partial charge >= 0.3 is 0 Å². The van der Waals surface area contributed by atoms with Gasteiger partial charge in [-0.2, -0.15) is 0 Å². The molecule has 0 saturated carbocycles. The maximum absolute atomic E-state index is 13.1. The van der Waals surface area contributed by atoms with E-state index in [0.717, 1.165) is 16.7 Å². The predicted octanol–water partition coefficient (Wildman–Crippen LogP) is 4.69. The third-order valence-corrected chi connectivity index (χ3v) is 3.70. The molecule has 0 amide bonds. The zero-order chi connectivity index (χ0) is 15.0. The molecule has 3 rings (SSSR count). The van der Waals surface area contributed by atoms with Crippen LogP contribution in [-0.2, 0) is 0 Å². The predicted molar refractivity (Wildman–Crippen MR) is 81.5 cm³/mol. The molecule has 2 N–H and O–H groups in total. The second kappa shape index (κ2) is 5.22. The fraction of sp³-hybridized carbons (Fsp3) is 0.0625. The van der Waals surface area contributed by atoms with Crippen molar-refractivity contribution in [2.24, 2.45) is 0 Å². The first kappa shape index (κ1) is 13.6. The summed E-state index contributed by atoms with van der Waals surface area (Å²) in [6.07, 6.45) is 0. The molecule has 0 atom stereocenters. The Balaban J connectivity index is 2.16. The molecular weight excluding hydrogens is 291 g/mol. The van der Waals surface area contributed by atoms with Crippen LogP contribution in [-0.4, -0.2) is 5.16 Å². The van der Waals surface area contributed by atoms with E-state index in [2.05, 4.69) is 5.16 Å². The van der Waals surface area contributed by atoms with Crippen molar-refractivity contribution in [3.8, 4) is 22.5 Å². The van der Waals surface area contributed by atoms with Gasteiger partial charge in [0.05, 0.1) is 5.56 Å². The molecule has 0 aliphatic rings. The van der Waals surface area contributed by atoms with Gasteiger partial charge < -0.3 is 10.3 Å². The topological polar surface area (TPSA) is 52.0 Å². The highest BCUT2D eigenvalue weighted by atomic mass is 35.5. The van der Waals surface area contributed by atoms with Crippen LogP contribution in [0.4, 0.5) is 10.2 Å². The van der Waals surface area contributed by atoms with Crippen molar-refractivity contribution in [2.75, 3.05) is 5.73 Å². The van der Waals surface area contributed by atoms with Crippen LogP contribution in [0.15, 0.2) is 47.0 Å². The average Bonchev–Trinajstić information content (AvgIpc) is 2.85. The standard InChI is InChI=1S/C16H12ClFN2O/c1-9-8-11(4-7-13(9)17)15-14(16(19)20-21-15)10-2-5-12(18)6-3-10/h2-8H,1H3,(H2,19,20). The fourth-order valence-electron chi connectivity index (χ4n) is 2.18. The Hall–Kier alpha value is -2.33. The SMILES string of the molecule is Cc1cc(-c2onc(N)c2-c2ccc(F)cc2)ccc1Cl. The van der Waals surface area contributed by atoms with Gasteiger partial charge in [0.15, 0.2) is 11.6 Å². The lowest BCUT2D eigenvalue weighted by molar-refractivity contribution is 0.436. The van der Waals surface area contributed by atoms with E-state index < -0.39 is 0 Å². The maximum Gasteiger partial charge on any atom is 0.176 e. The van der Waals surface area contributed by atoms with Crippen LogP contribution < -0.4 is 5.73 Å². The van der Waals surface area contributed by atoms with Crippen molar-refractivity contribution in [2.45, 2.75) is 6.92 Å². The van der Waals surface area contributed by atoms with Gasteiger partial charge in [-0.05, 0) is 48.4 Å². The van der Waals surface area contributed by atoms with Gasteiger partial charge in [0.25, 0.3) is 0 Å². The number of aryl methyl sites for hydroxylation is 1. The number of aromatic nitrogens is 1. The minimum Gasteiger partial charge on any atom is -0.380 e. The third-order valence-electron chi connectivity index (χ3n) is 3.27. The summed E-state index contributed by atoms with van der Waals surface area (Å²) in [7, 11) is 0. The molecule has 0 fully saturated rings. The number of anilines is 1. The molecule has 0 unspecified atom stereocenters. The van der Waals surface area contributed by atoms with Gasteiger partial charge in [-0.15, -0.1) is 0 Å². The molecule has 0 saturated heterocycles.